The van der Waals surface area contributed by atoms with Crippen molar-refractivity contribution in [1.82, 2.24) is 16.0 Å². The Kier molecular flexibility index (Phi) is 8.87. The Morgan fingerprint density at radius 3 is 2.56 bits per heavy atom. The van der Waals surface area contributed by atoms with Gasteiger partial charge in [0, 0.05) is 23.9 Å². The zero-order chi connectivity index (χ0) is 22.8. The minimum Gasteiger partial charge on any atom is -0.493 e. The molecule has 3 N–H and O–H groups in total. The van der Waals surface area contributed by atoms with E-state index >= 15 is 0 Å². The minimum absolute atomic E-state index is 0.0818. The van der Waals surface area contributed by atoms with Gasteiger partial charge in [-0.2, -0.15) is 0 Å². The molecule has 0 aromatic heterocycles. The first-order chi connectivity index (χ1) is 15.5. The van der Waals surface area contributed by atoms with Gasteiger partial charge in [-0.15, -0.1) is 11.8 Å². The summed E-state index contributed by atoms with van der Waals surface area (Å²) in [5.41, 5.74) is -0.871. The standard InChI is InChI=1S/C23H27F2N3O3S/c24-18-7-6-17(20(25)14-18)15-27-22(30)23(8-10-26-11-9-23)28-21(29)16-32-13-12-31-19-4-2-1-3-5-19/h1-7,14,26H,8-13,15-16H2,(H,27,30)(H,28,29). The van der Waals surface area contributed by atoms with Crippen molar-refractivity contribution >= 4 is 23.6 Å². The first-order valence-electron chi connectivity index (χ1n) is 10.5. The van der Waals surface area contributed by atoms with Gasteiger partial charge < -0.3 is 20.7 Å². The largest absolute Gasteiger partial charge is 0.493 e. The molecule has 0 saturated carbocycles. The molecular formula is C23H27F2N3O3S. The Bertz CT molecular complexity index is 909. The summed E-state index contributed by atoms with van der Waals surface area (Å²) in [5.74, 6) is -0.386. The van der Waals surface area contributed by atoms with Gasteiger partial charge in [-0.1, -0.05) is 24.3 Å². The molecule has 32 heavy (non-hydrogen) atoms. The SMILES string of the molecule is O=C(CSCCOc1ccccc1)NC1(C(=O)NCc2ccc(F)cc2F)CCNCC1. The Balaban J connectivity index is 1.48. The van der Waals surface area contributed by atoms with Crippen molar-refractivity contribution in [1.29, 1.82) is 0 Å². The predicted molar refractivity (Wildman–Crippen MR) is 120 cm³/mol. The summed E-state index contributed by atoms with van der Waals surface area (Å²) in [4.78, 5) is 25.5. The summed E-state index contributed by atoms with van der Waals surface area (Å²) in [7, 11) is 0. The maximum Gasteiger partial charge on any atom is 0.246 e. The average Bonchev–Trinajstić information content (AvgIpc) is 2.79. The quantitative estimate of drug-likeness (QED) is 0.472. The van der Waals surface area contributed by atoms with Gasteiger partial charge in [0.2, 0.25) is 11.8 Å². The molecule has 0 radical (unpaired) electrons. The van der Waals surface area contributed by atoms with E-state index in [0.29, 0.717) is 38.3 Å². The number of carbonyl (C=O) groups is 2. The molecule has 0 unspecified atom stereocenters. The Labute approximate surface area is 190 Å². The van der Waals surface area contributed by atoms with Gasteiger partial charge in [0.1, 0.15) is 22.9 Å². The minimum atomic E-state index is -1.06. The third-order valence-electron chi connectivity index (χ3n) is 5.20. The molecule has 0 spiro atoms. The second-order valence-electron chi connectivity index (χ2n) is 7.51. The molecule has 3 rings (SSSR count). The summed E-state index contributed by atoms with van der Waals surface area (Å²) in [6.45, 7) is 1.55. The van der Waals surface area contributed by atoms with E-state index in [1.54, 1.807) is 0 Å². The monoisotopic (exact) mass is 463 g/mol. The fraction of sp³-hybridized carbons (Fsp3) is 0.391. The maximum atomic E-state index is 13.9. The highest BCUT2D eigenvalue weighted by molar-refractivity contribution is 7.99. The van der Waals surface area contributed by atoms with Gasteiger partial charge in [-0.05, 0) is 44.1 Å². The summed E-state index contributed by atoms with van der Waals surface area (Å²) in [5, 5.41) is 8.77. The number of carbonyl (C=O) groups excluding carboxylic acids is 2. The van der Waals surface area contributed by atoms with E-state index in [4.69, 9.17) is 4.74 Å². The molecule has 2 amide bonds. The fourth-order valence-corrected chi connectivity index (χ4v) is 4.08. The van der Waals surface area contributed by atoms with Gasteiger partial charge in [0.15, 0.2) is 0 Å². The van der Waals surface area contributed by atoms with Crippen LogP contribution in [0.1, 0.15) is 18.4 Å². The zero-order valence-electron chi connectivity index (χ0n) is 17.7. The van der Waals surface area contributed by atoms with E-state index in [9.17, 15) is 18.4 Å². The van der Waals surface area contributed by atoms with Crippen molar-refractivity contribution in [2.24, 2.45) is 0 Å². The normalized spacial score (nSPS) is 15.1. The second kappa shape index (κ2) is 11.8. The molecule has 1 fully saturated rings. The number of thioether (sulfide) groups is 1. The summed E-state index contributed by atoms with van der Waals surface area (Å²) < 4.78 is 32.6. The number of piperidine rings is 1. The lowest BCUT2D eigenvalue weighted by Crippen LogP contribution is -2.63. The third-order valence-corrected chi connectivity index (χ3v) is 6.12. The maximum absolute atomic E-state index is 13.9. The molecular weight excluding hydrogens is 436 g/mol. The molecule has 1 aliphatic heterocycles. The van der Waals surface area contributed by atoms with Gasteiger partial charge in [-0.3, -0.25) is 9.59 Å². The van der Waals surface area contributed by atoms with Crippen molar-refractivity contribution in [2.45, 2.75) is 24.9 Å². The van der Waals surface area contributed by atoms with E-state index in [1.807, 2.05) is 30.3 Å². The van der Waals surface area contributed by atoms with Crippen molar-refractivity contribution < 1.29 is 23.1 Å². The Morgan fingerprint density at radius 2 is 1.84 bits per heavy atom. The topological polar surface area (TPSA) is 79.5 Å². The zero-order valence-corrected chi connectivity index (χ0v) is 18.5. The number of halogens is 2. The van der Waals surface area contributed by atoms with Crippen molar-refractivity contribution in [3.8, 4) is 5.75 Å². The van der Waals surface area contributed by atoms with Crippen LogP contribution in [-0.2, 0) is 16.1 Å². The van der Waals surface area contributed by atoms with Crippen LogP contribution >= 0.6 is 11.8 Å². The highest BCUT2D eigenvalue weighted by Gasteiger charge is 2.40. The van der Waals surface area contributed by atoms with E-state index in [2.05, 4.69) is 16.0 Å². The van der Waals surface area contributed by atoms with E-state index in [1.165, 1.54) is 17.8 Å². The van der Waals surface area contributed by atoms with Gasteiger partial charge >= 0.3 is 0 Å². The van der Waals surface area contributed by atoms with Gasteiger partial charge in [-0.25, -0.2) is 8.78 Å². The van der Waals surface area contributed by atoms with Crippen molar-refractivity contribution in [3.05, 3.63) is 65.7 Å². The molecule has 1 heterocycles. The Hall–Kier alpha value is -2.65. The van der Waals surface area contributed by atoms with Crippen LogP contribution in [0.5, 0.6) is 5.75 Å². The first kappa shape index (κ1) is 24.0. The lowest BCUT2D eigenvalue weighted by atomic mass is 9.87. The third kappa shape index (κ3) is 6.93. The van der Waals surface area contributed by atoms with Crippen LogP contribution in [-0.4, -0.2) is 48.6 Å². The van der Waals surface area contributed by atoms with Crippen LogP contribution < -0.4 is 20.7 Å². The molecule has 2 aromatic rings. The van der Waals surface area contributed by atoms with Crippen LogP contribution in [0.3, 0.4) is 0 Å². The number of para-hydroxylation sites is 1. The highest BCUT2D eigenvalue weighted by atomic mass is 32.2. The lowest BCUT2D eigenvalue weighted by molar-refractivity contribution is -0.134. The lowest BCUT2D eigenvalue weighted by Gasteiger charge is -2.37. The molecule has 0 aliphatic carbocycles. The molecule has 1 aliphatic rings. The second-order valence-corrected chi connectivity index (χ2v) is 8.62. The smallest absolute Gasteiger partial charge is 0.246 e. The van der Waals surface area contributed by atoms with Crippen LogP contribution in [0.2, 0.25) is 0 Å². The number of hydrogen-bond donors (Lipinski definition) is 3. The fourth-order valence-electron chi connectivity index (χ4n) is 3.48. The first-order valence-corrected chi connectivity index (χ1v) is 11.6. The molecule has 1 saturated heterocycles. The van der Waals surface area contributed by atoms with Crippen molar-refractivity contribution in [3.63, 3.8) is 0 Å². The number of nitrogens with one attached hydrogen (secondary N) is 3. The number of benzene rings is 2. The van der Waals surface area contributed by atoms with E-state index in [-0.39, 0.29) is 29.7 Å². The van der Waals surface area contributed by atoms with Crippen molar-refractivity contribution in [2.75, 3.05) is 31.2 Å². The van der Waals surface area contributed by atoms with Crippen LogP contribution in [0, 0.1) is 11.6 Å². The van der Waals surface area contributed by atoms with Gasteiger partial charge in [0.05, 0.1) is 12.4 Å². The van der Waals surface area contributed by atoms with Gasteiger partial charge in [0.25, 0.3) is 0 Å². The summed E-state index contributed by atoms with van der Waals surface area (Å²) in [6, 6.07) is 12.7. The van der Waals surface area contributed by atoms with Crippen LogP contribution in [0.4, 0.5) is 8.78 Å². The molecule has 0 atom stereocenters. The molecule has 9 heteroatoms. The predicted octanol–water partition coefficient (Wildman–Crippen LogP) is 2.63. The summed E-state index contributed by atoms with van der Waals surface area (Å²) in [6.07, 6.45) is 0.858. The van der Waals surface area contributed by atoms with E-state index in [0.717, 1.165) is 17.9 Å². The highest BCUT2D eigenvalue weighted by Crippen LogP contribution is 2.20. The number of amides is 2. The number of hydrogen-bond acceptors (Lipinski definition) is 5. The van der Waals surface area contributed by atoms with Crippen LogP contribution in [0.15, 0.2) is 48.5 Å². The molecule has 6 nitrogen and oxygen atoms in total. The number of rotatable bonds is 10. The summed E-state index contributed by atoms with van der Waals surface area (Å²) >= 11 is 1.42. The Morgan fingerprint density at radius 1 is 1.09 bits per heavy atom. The van der Waals surface area contributed by atoms with E-state index < -0.39 is 17.2 Å². The average molecular weight is 464 g/mol. The molecule has 0 bridgehead atoms. The molecule has 2 aromatic carbocycles. The van der Waals surface area contributed by atoms with Crippen LogP contribution in [0.25, 0.3) is 0 Å². The molecule has 172 valence electrons. The number of ether oxygens (including phenoxy) is 1.